The van der Waals surface area contributed by atoms with Gasteiger partial charge in [-0.2, -0.15) is 0 Å². The summed E-state index contributed by atoms with van der Waals surface area (Å²) in [5.41, 5.74) is -0.259. The van der Waals surface area contributed by atoms with Crippen molar-refractivity contribution in [3.63, 3.8) is 0 Å². The highest BCUT2D eigenvalue weighted by Crippen LogP contribution is 2.15. The lowest BCUT2D eigenvalue weighted by Gasteiger charge is -2.05. The van der Waals surface area contributed by atoms with Crippen LogP contribution in [0.5, 0.6) is 0 Å². The van der Waals surface area contributed by atoms with Crippen LogP contribution in [0.3, 0.4) is 0 Å². The van der Waals surface area contributed by atoms with Crippen LogP contribution in [0.2, 0.25) is 0 Å². The van der Waals surface area contributed by atoms with Crippen molar-refractivity contribution in [3.05, 3.63) is 29.6 Å². The van der Waals surface area contributed by atoms with Crippen LogP contribution in [0.25, 0.3) is 0 Å². The molecule has 0 bridgehead atoms. The van der Waals surface area contributed by atoms with Gasteiger partial charge < -0.3 is 10.4 Å². The molecule has 0 saturated carbocycles. The molecule has 0 fully saturated rings. The van der Waals surface area contributed by atoms with Gasteiger partial charge in [-0.1, -0.05) is 0 Å². The lowest BCUT2D eigenvalue weighted by molar-refractivity contribution is -0.116. The van der Waals surface area contributed by atoms with E-state index < -0.39 is 17.3 Å². The fourth-order valence-corrected chi connectivity index (χ4v) is 1.18. The first-order valence-electron chi connectivity index (χ1n) is 4.80. The molecular formula is C12H10FNO3. The van der Waals surface area contributed by atoms with Gasteiger partial charge in [0.25, 0.3) is 0 Å². The number of nitrogens with one attached hydrogen (secondary N) is 1. The Kier molecular flexibility index (Phi) is 4.23. The van der Waals surface area contributed by atoms with Gasteiger partial charge in [0.2, 0.25) is 5.91 Å². The first-order valence-corrected chi connectivity index (χ1v) is 4.80. The minimum atomic E-state index is -1.39. The van der Waals surface area contributed by atoms with E-state index in [1.165, 1.54) is 6.07 Å². The molecule has 0 aliphatic carbocycles. The van der Waals surface area contributed by atoms with Crippen LogP contribution in [-0.2, 0) is 4.79 Å². The number of hydrogen-bond donors (Lipinski definition) is 2. The van der Waals surface area contributed by atoms with E-state index in [1.54, 1.807) is 0 Å². The third kappa shape index (κ3) is 3.61. The monoisotopic (exact) mass is 235 g/mol. The summed E-state index contributed by atoms with van der Waals surface area (Å²) in [7, 11) is 0. The Morgan fingerprint density at radius 2 is 2.18 bits per heavy atom. The number of carbonyl (C=O) groups is 2. The summed E-state index contributed by atoms with van der Waals surface area (Å²) in [6.45, 7) is 0. The highest BCUT2D eigenvalue weighted by molar-refractivity contribution is 5.94. The lowest BCUT2D eigenvalue weighted by Crippen LogP contribution is -2.12. The third-order valence-corrected chi connectivity index (χ3v) is 1.98. The van der Waals surface area contributed by atoms with E-state index in [0.717, 1.165) is 12.1 Å². The molecule has 0 spiro atoms. The Labute approximate surface area is 97.5 Å². The Hall–Kier alpha value is -2.35. The van der Waals surface area contributed by atoms with Gasteiger partial charge in [0.15, 0.2) is 0 Å². The molecule has 0 saturated heterocycles. The second kappa shape index (κ2) is 5.66. The maximum absolute atomic E-state index is 13.0. The van der Waals surface area contributed by atoms with E-state index in [4.69, 9.17) is 11.5 Å². The van der Waals surface area contributed by atoms with Crippen LogP contribution in [0.1, 0.15) is 23.2 Å². The number of aromatic carboxylic acids is 1. The van der Waals surface area contributed by atoms with Crippen LogP contribution >= 0.6 is 0 Å². The molecule has 17 heavy (non-hydrogen) atoms. The number of carboxylic acids is 1. The van der Waals surface area contributed by atoms with Crippen molar-refractivity contribution in [2.24, 2.45) is 0 Å². The highest BCUT2D eigenvalue weighted by Gasteiger charge is 2.11. The second-order valence-corrected chi connectivity index (χ2v) is 3.25. The first kappa shape index (κ1) is 12.7. The Morgan fingerprint density at radius 1 is 1.47 bits per heavy atom. The largest absolute Gasteiger partial charge is 0.478 e. The average molecular weight is 235 g/mol. The summed E-state index contributed by atoms with van der Waals surface area (Å²) >= 11 is 0. The van der Waals surface area contributed by atoms with Crippen molar-refractivity contribution in [1.29, 1.82) is 0 Å². The Morgan fingerprint density at radius 3 is 2.76 bits per heavy atom. The predicted molar refractivity (Wildman–Crippen MR) is 60.1 cm³/mol. The van der Waals surface area contributed by atoms with Crippen LogP contribution < -0.4 is 5.32 Å². The first-order chi connectivity index (χ1) is 8.04. The van der Waals surface area contributed by atoms with Gasteiger partial charge in [-0.15, -0.1) is 12.3 Å². The number of halogens is 1. The summed E-state index contributed by atoms with van der Waals surface area (Å²) in [6, 6.07) is 3.33. The molecule has 0 atom stereocenters. The van der Waals surface area contributed by atoms with Crippen LogP contribution in [0, 0.1) is 18.2 Å². The van der Waals surface area contributed by atoms with Gasteiger partial charge in [0.05, 0.1) is 5.56 Å². The molecule has 0 radical (unpaired) electrons. The smallest absolute Gasteiger partial charge is 0.338 e. The van der Waals surface area contributed by atoms with E-state index in [2.05, 4.69) is 11.2 Å². The molecule has 4 nitrogen and oxygen atoms in total. The van der Waals surface area contributed by atoms with Crippen molar-refractivity contribution in [3.8, 4) is 12.3 Å². The number of benzene rings is 1. The molecule has 0 aromatic heterocycles. The summed E-state index contributed by atoms with van der Waals surface area (Å²) < 4.78 is 13.0. The molecular weight excluding hydrogens is 225 g/mol. The lowest BCUT2D eigenvalue weighted by atomic mass is 10.2. The van der Waals surface area contributed by atoms with E-state index >= 15 is 0 Å². The van der Waals surface area contributed by atoms with Crippen molar-refractivity contribution in [2.45, 2.75) is 12.8 Å². The standard InChI is InChI=1S/C12H10FNO3/c1-2-3-4-11(15)14-8-5-6-10(13)9(7-8)12(16)17/h1,5-7H,3-4H2,(H,14,15)(H,16,17). The van der Waals surface area contributed by atoms with Gasteiger partial charge >= 0.3 is 5.97 Å². The van der Waals surface area contributed by atoms with Gasteiger partial charge in [0, 0.05) is 18.5 Å². The number of hydrogen-bond acceptors (Lipinski definition) is 2. The van der Waals surface area contributed by atoms with E-state index in [0.29, 0.717) is 6.42 Å². The number of anilines is 1. The van der Waals surface area contributed by atoms with Crippen molar-refractivity contribution >= 4 is 17.6 Å². The van der Waals surface area contributed by atoms with Crippen molar-refractivity contribution in [1.82, 2.24) is 0 Å². The van der Waals surface area contributed by atoms with E-state index in [1.807, 2.05) is 0 Å². The minimum Gasteiger partial charge on any atom is -0.478 e. The quantitative estimate of drug-likeness (QED) is 0.783. The predicted octanol–water partition coefficient (Wildman–Crippen LogP) is 1.88. The summed E-state index contributed by atoms with van der Waals surface area (Å²) in [6.07, 6.45) is 5.42. The molecule has 5 heteroatoms. The van der Waals surface area contributed by atoms with Crippen LogP contribution in [-0.4, -0.2) is 17.0 Å². The molecule has 0 aliphatic rings. The topological polar surface area (TPSA) is 66.4 Å². The van der Waals surface area contributed by atoms with Crippen LogP contribution in [0.15, 0.2) is 18.2 Å². The van der Waals surface area contributed by atoms with Crippen molar-refractivity contribution < 1.29 is 19.1 Å². The zero-order chi connectivity index (χ0) is 12.8. The van der Waals surface area contributed by atoms with Crippen LogP contribution in [0.4, 0.5) is 10.1 Å². The molecule has 1 rings (SSSR count). The van der Waals surface area contributed by atoms with Gasteiger partial charge in [-0.3, -0.25) is 4.79 Å². The fraction of sp³-hybridized carbons (Fsp3) is 0.167. The number of carboxylic acid groups (broad SMARTS) is 1. The molecule has 1 amide bonds. The summed E-state index contributed by atoms with van der Waals surface area (Å²) in [5.74, 6) is -0.268. The summed E-state index contributed by atoms with van der Waals surface area (Å²) in [5, 5.41) is 11.1. The van der Waals surface area contributed by atoms with E-state index in [9.17, 15) is 14.0 Å². The molecule has 0 aliphatic heterocycles. The van der Waals surface area contributed by atoms with E-state index in [-0.39, 0.29) is 18.0 Å². The number of terminal acetylenes is 1. The SMILES string of the molecule is C#CCCC(=O)Nc1ccc(F)c(C(=O)O)c1. The zero-order valence-corrected chi connectivity index (χ0v) is 8.87. The van der Waals surface area contributed by atoms with Gasteiger partial charge in [-0.05, 0) is 18.2 Å². The third-order valence-electron chi connectivity index (χ3n) is 1.98. The fourth-order valence-electron chi connectivity index (χ4n) is 1.18. The van der Waals surface area contributed by atoms with Gasteiger partial charge in [0.1, 0.15) is 5.82 Å². The molecule has 1 aromatic carbocycles. The minimum absolute atomic E-state index is 0.135. The number of amides is 1. The Balaban J connectivity index is 2.80. The molecule has 2 N–H and O–H groups in total. The average Bonchev–Trinajstić information content (AvgIpc) is 2.28. The molecule has 88 valence electrons. The maximum atomic E-state index is 13.0. The number of carbonyl (C=O) groups excluding carboxylic acids is 1. The summed E-state index contributed by atoms with van der Waals surface area (Å²) in [4.78, 5) is 21.9. The Bertz CT molecular complexity index is 491. The maximum Gasteiger partial charge on any atom is 0.338 e. The normalized spacial score (nSPS) is 9.41. The van der Waals surface area contributed by atoms with Gasteiger partial charge in [-0.25, -0.2) is 9.18 Å². The van der Waals surface area contributed by atoms with Crippen molar-refractivity contribution in [2.75, 3.05) is 5.32 Å². The highest BCUT2D eigenvalue weighted by atomic mass is 19.1. The number of rotatable bonds is 4. The molecule has 0 heterocycles. The molecule has 1 aromatic rings. The molecule has 0 unspecified atom stereocenters. The second-order valence-electron chi connectivity index (χ2n) is 3.25. The zero-order valence-electron chi connectivity index (χ0n) is 8.87.